The molecule has 11 rings (SSSR count). The molecule has 0 saturated heterocycles. The van der Waals surface area contributed by atoms with Crippen LogP contribution in [0.2, 0.25) is 0 Å². The first-order valence-electron chi connectivity index (χ1n) is 18.7. The molecule has 0 aliphatic heterocycles. The summed E-state index contributed by atoms with van der Waals surface area (Å²) in [6.45, 7) is 0. The van der Waals surface area contributed by atoms with Gasteiger partial charge in [-0.05, 0) is 81.9 Å². The van der Waals surface area contributed by atoms with E-state index in [4.69, 9.17) is 19.4 Å². The first kappa shape index (κ1) is 32.2. The van der Waals surface area contributed by atoms with Gasteiger partial charge in [0.05, 0.1) is 0 Å². The van der Waals surface area contributed by atoms with Gasteiger partial charge in [0.25, 0.3) is 0 Å². The van der Waals surface area contributed by atoms with E-state index in [2.05, 4.69) is 127 Å². The van der Waals surface area contributed by atoms with Crippen LogP contribution in [0.5, 0.6) is 0 Å². The Kier molecular flexibility index (Phi) is 7.64. The maximum atomic E-state index is 6.12. The number of thiophene rings is 1. The highest BCUT2D eigenvalue weighted by Crippen LogP contribution is 2.42. The highest BCUT2D eigenvalue weighted by atomic mass is 32.1. The van der Waals surface area contributed by atoms with E-state index in [-0.39, 0.29) is 0 Å². The molecule has 0 amide bonds. The number of rotatable bonds is 6. The van der Waals surface area contributed by atoms with E-state index in [0.717, 1.165) is 44.2 Å². The largest absolute Gasteiger partial charge is 0.456 e. The molecule has 0 aliphatic carbocycles. The van der Waals surface area contributed by atoms with Gasteiger partial charge < -0.3 is 4.42 Å². The summed E-state index contributed by atoms with van der Waals surface area (Å²) in [6, 6.07) is 65.9. The number of furan rings is 1. The lowest BCUT2D eigenvalue weighted by Gasteiger charge is -2.10. The highest BCUT2D eigenvalue weighted by Gasteiger charge is 2.16. The Balaban J connectivity index is 0.994. The summed E-state index contributed by atoms with van der Waals surface area (Å²) in [5.74, 6) is 1.87. The van der Waals surface area contributed by atoms with Crippen molar-refractivity contribution in [1.82, 2.24) is 15.0 Å². The van der Waals surface area contributed by atoms with E-state index in [1.54, 1.807) is 0 Å². The number of benzene rings is 8. The molecule has 0 spiro atoms. The second-order valence-electron chi connectivity index (χ2n) is 14.0. The Bertz CT molecular complexity index is 3240. The monoisotopic (exact) mass is 733 g/mol. The number of nitrogens with zero attached hydrogens (tertiary/aromatic N) is 3. The van der Waals surface area contributed by atoms with Crippen molar-refractivity contribution in [2.75, 3.05) is 0 Å². The number of hydrogen-bond donors (Lipinski definition) is 0. The number of fused-ring (bicyclic) bond motifs is 6. The third-order valence-electron chi connectivity index (χ3n) is 10.6. The third kappa shape index (κ3) is 5.65. The fourth-order valence-electron chi connectivity index (χ4n) is 7.77. The van der Waals surface area contributed by atoms with Crippen molar-refractivity contribution in [1.29, 1.82) is 0 Å². The van der Waals surface area contributed by atoms with Gasteiger partial charge in [-0.25, -0.2) is 15.0 Å². The van der Waals surface area contributed by atoms with Gasteiger partial charge in [0.2, 0.25) is 0 Å². The Hall–Kier alpha value is -7.21. The summed E-state index contributed by atoms with van der Waals surface area (Å²) in [6.07, 6.45) is 0. The van der Waals surface area contributed by atoms with Gasteiger partial charge in [0, 0.05) is 47.6 Å². The fourth-order valence-corrected chi connectivity index (χ4v) is 8.88. The molecule has 3 aromatic heterocycles. The van der Waals surface area contributed by atoms with Crippen LogP contribution in [0.3, 0.4) is 0 Å². The quantitative estimate of drug-likeness (QED) is 0.171. The van der Waals surface area contributed by atoms with Gasteiger partial charge in [0.1, 0.15) is 11.2 Å². The molecule has 0 saturated carbocycles. The van der Waals surface area contributed by atoms with Crippen LogP contribution in [0.25, 0.3) is 110 Å². The summed E-state index contributed by atoms with van der Waals surface area (Å²) in [5, 5.41) is 4.65. The molecule has 0 N–H and O–H groups in total. The van der Waals surface area contributed by atoms with Gasteiger partial charge >= 0.3 is 0 Å². The van der Waals surface area contributed by atoms with Gasteiger partial charge in [-0.3, -0.25) is 0 Å². The second-order valence-corrected chi connectivity index (χ2v) is 15.1. The van der Waals surface area contributed by atoms with E-state index < -0.39 is 0 Å². The molecule has 262 valence electrons. The lowest BCUT2D eigenvalue weighted by Crippen LogP contribution is -2.00. The molecule has 8 aromatic carbocycles. The zero-order chi connectivity index (χ0) is 37.0. The molecule has 0 radical (unpaired) electrons. The maximum absolute atomic E-state index is 6.12. The van der Waals surface area contributed by atoms with Crippen molar-refractivity contribution in [2.24, 2.45) is 0 Å². The number of aromatic nitrogens is 3. The fraction of sp³-hybridized carbons (Fsp3) is 0. The summed E-state index contributed by atoms with van der Waals surface area (Å²) in [5.41, 5.74) is 11.7. The van der Waals surface area contributed by atoms with Crippen LogP contribution in [0, 0.1) is 0 Å². The summed E-state index contributed by atoms with van der Waals surface area (Å²) >= 11 is 1.84. The highest BCUT2D eigenvalue weighted by molar-refractivity contribution is 7.26. The maximum Gasteiger partial charge on any atom is 0.164 e. The summed E-state index contributed by atoms with van der Waals surface area (Å²) in [4.78, 5) is 15.1. The Labute approximate surface area is 327 Å². The minimum atomic E-state index is 0.615. The van der Waals surface area contributed by atoms with Crippen LogP contribution in [0.4, 0.5) is 0 Å². The van der Waals surface area contributed by atoms with Crippen LogP contribution >= 0.6 is 11.3 Å². The van der Waals surface area contributed by atoms with Crippen molar-refractivity contribution in [3.8, 4) is 67.5 Å². The molecule has 0 atom stereocenters. The number of hydrogen-bond acceptors (Lipinski definition) is 5. The number of para-hydroxylation sites is 1. The molecular formula is C51H31N3OS. The average Bonchev–Trinajstić information content (AvgIpc) is 3.85. The molecule has 0 aliphatic rings. The van der Waals surface area contributed by atoms with Crippen molar-refractivity contribution in [2.45, 2.75) is 0 Å². The Morgan fingerprint density at radius 3 is 1.64 bits per heavy atom. The van der Waals surface area contributed by atoms with Gasteiger partial charge in [0.15, 0.2) is 17.5 Å². The normalized spacial score (nSPS) is 11.6. The van der Waals surface area contributed by atoms with E-state index in [1.807, 2.05) is 72.0 Å². The lowest BCUT2D eigenvalue weighted by atomic mass is 9.95. The third-order valence-corrected chi connectivity index (χ3v) is 11.7. The van der Waals surface area contributed by atoms with Crippen LogP contribution in [-0.2, 0) is 0 Å². The molecule has 4 nitrogen and oxygen atoms in total. The molecule has 3 heterocycles. The van der Waals surface area contributed by atoms with Crippen molar-refractivity contribution >= 4 is 53.4 Å². The van der Waals surface area contributed by atoms with E-state index in [1.165, 1.54) is 48.0 Å². The first-order valence-corrected chi connectivity index (χ1v) is 19.5. The first-order chi connectivity index (χ1) is 27.7. The smallest absolute Gasteiger partial charge is 0.164 e. The standard InChI is InChI=1S/C51H31N3OS/c1-3-11-32(12-4-1)36-15-9-16-37(29-36)38-26-28-46-43(30-38)48-40(18-10-20-47(48)56-46)33-21-23-35(24-22-33)50-52-49(34-13-5-2-6-14-34)53-51(54-50)39-25-27-45-42(31-39)41-17-7-8-19-44(41)55-45/h1-31H. The van der Waals surface area contributed by atoms with Crippen molar-refractivity contribution in [3.05, 3.63) is 188 Å². The zero-order valence-corrected chi connectivity index (χ0v) is 30.9. The SMILES string of the molecule is c1ccc(-c2cccc(-c3ccc4sc5cccc(-c6ccc(-c7nc(-c8ccccc8)nc(-c8ccc9oc%10ccccc%10c9c8)n7)cc6)c5c4c3)c2)cc1. The summed E-state index contributed by atoms with van der Waals surface area (Å²) < 4.78 is 8.66. The average molecular weight is 734 g/mol. The van der Waals surface area contributed by atoms with Crippen LogP contribution in [-0.4, -0.2) is 15.0 Å². The van der Waals surface area contributed by atoms with E-state index >= 15 is 0 Å². The zero-order valence-electron chi connectivity index (χ0n) is 30.1. The predicted octanol–water partition coefficient (Wildman–Crippen LogP) is 14.1. The van der Waals surface area contributed by atoms with Crippen molar-refractivity contribution < 1.29 is 4.42 Å². The Morgan fingerprint density at radius 1 is 0.321 bits per heavy atom. The van der Waals surface area contributed by atoms with Crippen molar-refractivity contribution in [3.63, 3.8) is 0 Å². The molecule has 56 heavy (non-hydrogen) atoms. The predicted molar refractivity (Wildman–Crippen MR) is 233 cm³/mol. The molecule has 11 aromatic rings. The van der Waals surface area contributed by atoms with E-state index in [0.29, 0.717) is 17.5 Å². The minimum absolute atomic E-state index is 0.615. The molecule has 0 fully saturated rings. The summed E-state index contributed by atoms with van der Waals surface area (Å²) in [7, 11) is 0. The van der Waals surface area contributed by atoms with Crippen LogP contribution in [0.15, 0.2) is 192 Å². The van der Waals surface area contributed by atoms with Gasteiger partial charge in [-0.15, -0.1) is 11.3 Å². The molecule has 5 heteroatoms. The topological polar surface area (TPSA) is 51.8 Å². The minimum Gasteiger partial charge on any atom is -0.456 e. The Morgan fingerprint density at radius 2 is 0.857 bits per heavy atom. The molecular weight excluding hydrogens is 703 g/mol. The second kappa shape index (κ2) is 13.3. The van der Waals surface area contributed by atoms with Gasteiger partial charge in [-0.1, -0.05) is 140 Å². The molecule has 0 bridgehead atoms. The van der Waals surface area contributed by atoms with Gasteiger partial charge in [-0.2, -0.15) is 0 Å². The molecule has 0 unspecified atom stereocenters. The van der Waals surface area contributed by atoms with Crippen LogP contribution < -0.4 is 0 Å². The van der Waals surface area contributed by atoms with Crippen LogP contribution in [0.1, 0.15) is 0 Å². The van der Waals surface area contributed by atoms with E-state index in [9.17, 15) is 0 Å². The lowest BCUT2D eigenvalue weighted by molar-refractivity contribution is 0.669.